The fraction of sp³-hybridized carbons (Fsp3) is 0.333. The molecule has 0 fully saturated rings. The van der Waals surface area contributed by atoms with Gasteiger partial charge in [0, 0.05) is 29.3 Å². The van der Waals surface area contributed by atoms with E-state index in [2.05, 4.69) is 15.9 Å². The highest BCUT2D eigenvalue weighted by Gasteiger charge is 2.15. The van der Waals surface area contributed by atoms with E-state index in [4.69, 9.17) is 21.1 Å². The van der Waals surface area contributed by atoms with Crippen LogP contribution in [-0.2, 0) is 9.47 Å². The van der Waals surface area contributed by atoms with E-state index in [9.17, 15) is 0 Å². The lowest BCUT2D eigenvalue weighted by molar-refractivity contribution is -0.106. The molecule has 0 unspecified atom stereocenters. The molecule has 0 aliphatic carbocycles. The third-order valence-corrected chi connectivity index (χ3v) is 2.68. The third-order valence-electron chi connectivity index (χ3n) is 1.66. The van der Waals surface area contributed by atoms with Crippen molar-refractivity contribution in [2.24, 2.45) is 0 Å². The summed E-state index contributed by atoms with van der Waals surface area (Å²) < 4.78 is 11.1. The second kappa shape index (κ2) is 4.96. The summed E-state index contributed by atoms with van der Waals surface area (Å²) in [4.78, 5) is 0. The third kappa shape index (κ3) is 2.44. The predicted octanol–water partition coefficient (Wildman–Crippen LogP) is 3.39. The maximum atomic E-state index is 5.99. The van der Waals surface area contributed by atoms with Crippen molar-refractivity contribution in [1.82, 2.24) is 0 Å². The molecular weight excluding hydrogens is 255 g/mol. The quantitative estimate of drug-likeness (QED) is 0.780. The first-order chi connectivity index (χ1) is 6.20. The Kier molecular flexibility index (Phi) is 4.19. The number of methoxy groups -OCH3 is 2. The van der Waals surface area contributed by atoms with E-state index in [1.165, 1.54) is 0 Å². The summed E-state index contributed by atoms with van der Waals surface area (Å²) in [5.74, 6) is 0. The highest BCUT2D eigenvalue weighted by atomic mass is 79.9. The van der Waals surface area contributed by atoms with E-state index in [0.717, 1.165) is 10.0 Å². The molecule has 0 aromatic heterocycles. The molecule has 0 N–H and O–H groups in total. The molecule has 0 atom stereocenters. The van der Waals surface area contributed by atoms with Gasteiger partial charge in [0.1, 0.15) is 0 Å². The van der Waals surface area contributed by atoms with Gasteiger partial charge in [0.15, 0.2) is 6.29 Å². The molecule has 0 aliphatic heterocycles. The molecule has 0 heterocycles. The zero-order valence-electron chi connectivity index (χ0n) is 7.38. The number of rotatable bonds is 3. The maximum absolute atomic E-state index is 5.99. The minimum atomic E-state index is -0.428. The minimum absolute atomic E-state index is 0.428. The molecule has 4 heteroatoms. The van der Waals surface area contributed by atoms with Gasteiger partial charge in [-0.15, -0.1) is 0 Å². The second-order valence-corrected chi connectivity index (χ2v) is 3.70. The van der Waals surface area contributed by atoms with E-state index in [1.54, 1.807) is 20.3 Å². The number of halogens is 2. The molecule has 0 saturated carbocycles. The van der Waals surface area contributed by atoms with Gasteiger partial charge in [-0.2, -0.15) is 0 Å². The highest BCUT2D eigenvalue weighted by molar-refractivity contribution is 9.10. The van der Waals surface area contributed by atoms with Crippen molar-refractivity contribution in [3.05, 3.63) is 33.3 Å². The number of ether oxygens (including phenoxy) is 2. The van der Waals surface area contributed by atoms with Gasteiger partial charge in [-0.3, -0.25) is 0 Å². The Labute approximate surface area is 90.9 Å². The smallest absolute Gasteiger partial charge is 0.185 e. The number of hydrogen-bond donors (Lipinski definition) is 0. The maximum Gasteiger partial charge on any atom is 0.185 e. The van der Waals surface area contributed by atoms with Crippen LogP contribution in [-0.4, -0.2) is 14.2 Å². The van der Waals surface area contributed by atoms with Crippen molar-refractivity contribution in [3.8, 4) is 0 Å². The van der Waals surface area contributed by atoms with Gasteiger partial charge in [0.2, 0.25) is 0 Å². The van der Waals surface area contributed by atoms with Gasteiger partial charge >= 0.3 is 0 Å². The molecule has 1 aromatic rings. The van der Waals surface area contributed by atoms with Crippen LogP contribution in [0.15, 0.2) is 22.7 Å². The van der Waals surface area contributed by atoms with Crippen LogP contribution in [0.25, 0.3) is 0 Å². The molecule has 0 aliphatic rings. The number of benzene rings is 1. The molecular formula is C9H10BrClO2. The first kappa shape index (κ1) is 11.0. The first-order valence-electron chi connectivity index (χ1n) is 3.70. The Morgan fingerprint density at radius 1 is 1.31 bits per heavy atom. The summed E-state index contributed by atoms with van der Waals surface area (Å²) in [6.45, 7) is 0. The largest absolute Gasteiger partial charge is 0.352 e. The summed E-state index contributed by atoms with van der Waals surface area (Å²) >= 11 is 9.38. The molecule has 1 rings (SSSR count). The van der Waals surface area contributed by atoms with Gasteiger partial charge in [0.25, 0.3) is 0 Å². The van der Waals surface area contributed by atoms with E-state index >= 15 is 0 Å². The van der Waals surface area contributed by atoms with Gasteiger partial charge in [-0.25, -0.2) is 0 Å². The van der Waals surface area contributed by atoms with E-state index in [1.807, 2.05) is 12.1 Å². The van der Waals surface area contributed by atoms with Gasteiger partial charge < -0.3 is 9.47 Å². The average molecular weight is 266 g/mol. The molecule has 1 aromatic carbocycles. The predicted molar refractivity (Wildman–Crippen MR) is 55.9 cm³/mol. The second-order valence-electron chi connectivity index (χ2n) is 2.44. The highest BCUT2D eigenvalue weighted by Crippen LogP contribution is 2.32. The monoisotopic (exact) mass is 264 g/mol. The Balaban J connectivity index is 3.10. The molecule has 0 bridgehead atoms. The van der Waals surface area contributed by atoms with Crippen LogP contribution in [0.4, 0.5) is 0 Å². The summed E-state index contributed by atoms with van der Waals surface area (Å²) in [7, 11) is 3.15. The molecule has 72 valence electrons. The van der Waals surface area contributed by atoms with Crippen molar-refractivity contribution < 1.29 is 9.47 Å². The number of hydrogen-bond acceptors (Lipinski definition) is 2. The van der Waals surface area contributed by atoms with Crippen LogP contribution in [0, 0.1) is 0 Å². The molecule has 0 spiro atoms. The zero-order chi connectivity index (χ0) is 9.84. The molecule has 13 heavy (non-hydrogen) atoms. The molecule has 0 radical (unpaired) electrons. The van der Waals surface area contributed by atoms with Crippen molar-refractivity contribution in [1.29, 1.82) is 0 Å². The van der Waals surface area contributed by atoms with Crippen LogP contribution in [0.2, 0.25) is 5.02 Å². The van der Waals surface area contributed by atoms with Crippen LogP contribution < -0.4 is 0 Å². The summed E-state index contributed by atoms with van der Waals surface area (Å²) in [6.07, 6.45) is -0.428. The van der Waals surface area contributed by atoms with E-state index in [-0.39, 0.29) is 0 Å². The lowest BCUT2D eigenvalue weighted by Gasteiger charge is -2.16. The fourth-order valence-corrected chi connectivity index (χ4v) is 2.00. The SMILES string of the molecule is COC(OC)c1c(Cl)cccc1Br. The van der Waals surface area contributed by atoms with Crippen LogP contribution in [0.3, 0.4) is 0 Å². The van der Waals surface area contributed by atoms with Gasteiger partial charge in [-0.05, 0) is 12.1 Å². The van der Waals surface area contributed by atoms with Crippen molar-refractivity contribution in [3.63, 3.8) is 0 Å². The van der Waals surface area contributed by atoms with E-state index < -0.39 is 6.29 Å². The molecule has 2 nitrogen and oxygen atoms in total. The topological polar surface area (TPSA) is 18.5 Å². The fourth-order valence-electron chi connectivity index (χ4n) is 1.07. The lowest BCUT2D eigenvalue weighted by atomic mass is 10.2. The standard InChI is InChI=1S/C9H10BrClO2/c1-12-9(13-2)8-6(10)4-3-5-7(8)11/h3-5,9H,1-2H3. The molecule has 0 saturated heterocycles. The van der Waals surface area contributed by atoms with Crippen LogP contribution in [0.5, 0.6) is 0 Å². The Morgan fingerprint density at radius 3 is 2.38 bits per heavy atom. The summed E-state index contributed by atoms with van der Waals surface area (Å²) in [5, 5.41) is 0.628. The normalized spacial score (nSPS) is 10.8. The Hall–Kier alpha value is -0.0900. The summed E-state index contributed by atoms with van der Waals surface area (Å²) in [5.41, 5.74) is 0.814. The van der Waals surface area contributed by atoms with Crippen LogP contribution >= 0.6 is 27.5 Å². The summed E-state index contributed by atoms with van der Waals surface area (Å²) in [6, 6.07) is 5.55. The minimum Gasteiger partial charge on any atom is -0.352 e. The van der Waals surface area contributed by atoms with Crippen molar-refractivity contribution >= 4 is 27.5 Å². The average Bonchev–Trinajstić information content (AvgIpc) is 2.11. The first-order valence-corrected chi connectivity index (χ1v) is 4.87. The van der Waals surface area contributed by atoms with Crippen molar-refractivity contribution in [2.45, 2.75) is 6.29 Å². The Morgan fingerprint density at radius 2 is 1.92 bits per heavy atom. The lowest BCUT2D eigenvalue weighted by Crippen LogP contribution is -2.05. The van der Waals surface area contributed by atoms with Gasteiger partial charge in [0.05, 0.1) is 0 Å². The van der Waals surface area contributed by atoms with Crippen molar-refractivity contribution in [2.75, 3.05) is 14.2 Å². The Bertz CT molecular complexity index is 267. The molecule has 0 amide bonds. The zero-order valence-corrected chi connectivity index (χ0v) is 9.72. The van der Waals surface area contributed by atoms with Gasteiger partial charge in [-0.1, -0.05) is 33.6 Å². The van der Waals surface area contributed by atoms with E-state index in [0.29, 0.717) is 5.02 Å². The van der Waals surface area contributed by atoms with Crippen LogP contribution in [0.1, 0.15) is 11.9 Å².